The number of carbonyl (C=O) groups excluding carboxylic acids is 1. The fourth-order valence-electron chi connectivity index (χ4n) is 4.36. The lowest BCUT2D eigenvalue weighted by molar-refractivity contribution is 0.0183. The maximum Gasteiger partial charge on any atom is 0.167 e. The van der Waals surface area contributed by atoms with Gasteiger partial charge in [0, 0.05) is 42.8 Å². The van der Waals surface area contributed by atoms with Crippen LogP contribution in [0.4, 0.5) is 4.39 Å². The molecule has 27 heavy (non-hydrogen) atoms. The van der Waals surface area contributed by atoms with Gasteiger partial charge in [0.1, 0.15) is 5.82 Å². The number of ketones is 1. The van der Waals surface area contributed by atoms with Crippen molar-refractivity contribution in [2.75, 3.05) is 26.3 Å². The molecular formula is C23H26FNO2. The van der Waals surface area contributed by atoms with Crippen molar-refractivity contribution in [3.63, 3.8) is 0 Å². The molecule has 2 aliphatic rings. The van der Waals surface area contributed by atoms with E-state index in [2.05, 4.69) is 4.90 Å². The highest BCUT2D eigenvalue weighted by molar-refractivity contribution is 5.98. The topological polar surface area (TPSA) is 29.5 Å². The van der Waals surface area contributed by atoms with Gasteiger partial charge in [-0.15, -0.1) is 0 Å². The first-order valence-corrected chi connectivity index (χ1v) is 9.93. The number of hydrogen-bond donors (Lipinski definition) is 0. The third-order valence-corrected chi connectivity index (χ3v) is 5.87. The van der Waals surface area contributed by atoms with Gasteiger partial charge in [-0.1, -0.05) is 42.5 Å². The summed E-state index contributed by atoms with van der Waals surface area (Å²) in [6, 6.07) is 14.9. The van der Waals surface area contributed by atoms with Crippen LogP contribution >= 0.6 is 0 Å². The predicted octanol–water partition coefficient (Wildman–Crippen LogP) is 4.57. The highest BCUT2D eigenvalue weighted by Gasteiger charge is 2.31. The van der Waals surface area contributed by atoms with Gasteiger partial charge in [0.15, 0.2) is 5.78 Å². The lowest BCUT2D eigenvalue weighted by atomic mass is 9.88. The summed E-state index contributed by atoms with van der Waals surface area (Å²) in [4.78, 5) is 15.5. The summed E-state index contributed by atoms with van der Waals surface area (Å²) in [6.45, 7) is 3.46. The monoisotopic (exact) mass is 367 g/mol. The summed E-state index contributed by atoms with van der Waals surface area (Å²) < 4.78 is 20.1. The minimum absolute atomic E-state index is 0.0384. The second-order valence-corrected chi connectivity index (χ2v) is 7.60. The molecule has 1 atom stereocenters. The van der Waals surface area contributed by atoms with Gasteiger partial charge < -0.3 is 4.74 Å². The number of piperidine rings is 1. The van der Waals surface area contributed by atoms with Gasteiger partial charge in [-0.05, 0) is 43.9 Å². The average Bonchev–Trinajstić information content (AvgIpc) is 2.74. The molecule has 2 heterocycles. The number of likely N-dealkylation sites (tertiary alicyclic amines) is 1. The minimum atomic E-state index is -0.329. The molecule has 2 aromatic rings. The van der Waals surface area contributed by atoms with Gasteiger partial charge in [0.2, 0.25) is 0 Å². The van der Waals surface area contributed by atoms with Crippen LogP contribution in [0, 0.1) is 11.7 Å². The molecule has 0 radical (unpaired) electrons. The fourth-order valence-corrected chi connectivity index (χ4v) is 4.36. The summed E-state index contributed by atoms with van der Waals surface area (Å²) in [7, 11) is 0. The van der Waals surface area contributed by atoms with Crippen LogP contribution in [0.2, 0.25) is 0 Å². The highest BCUT2D eigenvalue weighted by atomic mass is 19.1. The summed E-state index contributed by atoms with van der Waals surface area (Å²) in [5, 5.41) is 0. The van der Waals surface area contributed by atoms with E-state index in [-0.39, 0.29) is 17.5 Å². The summed E-state index contributed by atoms with van der Waals surface area (Å²) in [5.74, 6) is -0.294. The number of rotatable bonds is 4. The Bertz CT molecular complexity index is 786. The summed E-state index contributed by atoms with van der Waals surface area (Å²) >= 11 is 0. The maximum atomic E-state index is 14.7. The van der Waals surface area contributed by atoms with Crippen molar-refractivity contribution in [2.45, 2.75) is 31.7 Å². The van der Waals surface area contributed by atoms with Crippen molar-refractivity contribution in [1.82, 2.24) is 4.90 Å². The van der Waals surface area contributed by atoms with Crippen LogP contribution in [-0.4, -0.2) is 43.0 Å². The standard InChI is InChI=1S/C23H26FNO2/c24-22-15-18(8-9-21(22)17-5-2-1-3-6-17)23(26)19-7-4-12-25(16-19)20-10-13-27-14-11-20/h1-3,5-6,8-9,15,19-20H,4,7,10-14,16H2/t19-/m1/s1. The van der Waals surface area contributed by atoms with Crippen molar-refractivity contribution >= 4 is 5.78 Å². The van der Waals surface area contributed by atoms with Gasteiger partial charge in [-0.3, -0.25) is 9.69 Å². The molecule has 0 amide bonds. The average molecular weight is 367 g/mol. The van der Waals surface area contributed by atoms with E-state index in [1.165, 1.54) is 6.07 Å². The molecule has 2 aromatic carbocycles. The molecule has 4 heteroatoms. The number of nitrogens with zero attached hydrogens (tertiary/aromatic N) is 1. The molecular weight excluding hydrogens is 341 g/mol. The van der Waals surface area contributed by atoms with Crippen LogP contribution in [0.3, 0.4) is 0 Å². The Morgan fingerprint density at radius 1 is 1.04 bits per heavy atom. The smallest absolute Gasteiger partial charge is 0.167 e. The maximum absolute atomic E-state index is 14.7. The SMILES string of the molecule is O=C(c1ccc(-c2ccccc2)c(F)c1)[C@@H]1CCCN(C2CCOCC2)C1. The molecule has 0 N–H and O–H groups in total. The van der Waals surface area contributed by atoms with E-state index in [0.717, 1.165) is 57.6 Å². The van der Waals surface area contributed by atoms with E-state index in [1.807, 2.05) is 30.3 Å². The second-order valence-electron chi connectivity index (χ2n) is 7.60. The number of carbonyl (C=O) groups is 1. The molecule has 0 unspecified atom stereocenters. The van der Waals surface area contributed by atoms with E-state index < -0.39 is 0 Å². The molecule has 2 saturated heterocycles. The van der Waals surface area contributed by atoms with Crippen molar-refractivity contribution in [3.8, 4) is 11.1 Å². The zero-order chi connectivity index (χ0) is 18.6. The fraction of sp³-hybridized carbons (Fsp3) is 0.435. The number of benzene rings is 2. The Morgan fingerprint density at radius 3 is 2.56 bits per heavy atom. The molecule has 0 aliphatic carbocycles. The lowest BCUT2D eigenvalue weighted by Gasteiger charge is -2.39. The molecule has 0 bridgehead atoms. The van der Waals surface area contributed by atoms with Gasteiger partial charge in [-0.2, -0.15) is 0 Å². The first-order valence-electron chi connectivity index (χ1n) is 9.93. The molecule has 142 valence electrons. The Labute approximate surface area is 160 Å². The van der Waals surface area contributed by atoms with Crippen LogP contribution in [0.25, 0.3) is 11.1 Å². The first-order chi connectivity index (χ1) is 13.2. The number of hydrogen-bond acceptors (Lipinski definition) is 3. The van der Waals surface area contributed by atoms with Crippen LogP contribution in [0.1, 0.15) is 36.0 Å². The number of ether oxygens (including phenoxy) is 1. The van der Waals surface area contributed by atoms with E-state index in [0.29, 0.717) is 17.2 Å². The summed E-state index contributed by atoms with van der Waals surface area (Å²) in [6.07, 6.45) is 4.00. The predicted molar refractivity (Wildman–Crippen MR) is 104 cm³/mol. The van der Waals surface area contributed by atoms with E-state index in [1.54, 1.807) is 12.1 Å². The molecule has 2 aliphatic heterocycles. The van der Waals surface area contributed by atoms with Gasteiger partial charge in [0.25, 0.3) is 0 Å². The van der Waals surface area contributed by atoms with E-state index in [9.17, 15) is 9.18 Å². The normalized spacial score (nSPS) is 21.9. The molecule has 2 fully saturated rings. The third kappa shape index (κ3) is 4.12. The second kappa shape index (κ2) is 8.32. The van der Waals surface area contributed by atoms with Crippen molar-refractivity contribution < 1.29 is 13.9 Å². The number of Topliss-reactive ketones (excluding diaryl/α,β-unsaturated/α-hetero) is 1. The van der Waals surface area contributed by atoms with Crippen molar-refractivity contribution in [2.24, 2.45) is 5.92 Å². The largest absolute Gasteiger partial charge is 0.381 e. The molecule has 4 rings (SSSR count). The molecule has 0 saturated carbocycles. The van der Waals surface area contributed by atoms with Crippen LogP contribution in [-0.2, 0) is 4.74 Å². The number of halogens is 1. The Hall–Kier alpha value is -2.04. The van der Waals surface area contributed by atoms with Crippen LogP contribution < -0.4 is 0 Å². The first kappa shape index (κ1) is 18.3. The van der Waals surface area contributed by atoms with Gasteiger partial charge in [0.05, 0.1) is 0 Å². The molecule has 3 nitrogen and oxygen atoms in total. The minimum Gasteiger partial charge on any atom is -0.381 e. The highest BCUT2D eigenvalue weighted by Crippen LogP contribution is 2.28. The Balaban J connectivity index is 1.48. The quantitative estimate of drug-likeness (QED) is 0.742. The Morgan fingerprint density at radius 2 is 1.81 bits per heavy atom. The van der Waals surface area contributed by atoms with Crippen LogP contribution in [0.15, 0.2) is 48.5 Å². The molecule has 0 aromatic heterocycles. The van der Waals surface area contributed by atoms with Crippen LogP contribution in [0.5, 0.6) is 0 Å². The van der Waals surface area contributed by atoms with Crippen molar-refractivity contribution in [3.05, 3.63) is 59.9 Å². The van der Waals surface area contributed by atoms with Gasteiger partial charge >= 0.3 is 0 Å². The summed E-state index contributed by atoms with van der Waals surface area (Å²) in [5.41, 5.74) is 1.86. The van der Waals surface area contributed by atoms with Crippen molar-refractivity contribution in [1.29, 1.82) is 0 Å². The molecule has 0 spiro atoms. The Kier molecular flexibility index (Phi) is 5.65. The zero-order valence-electron chi connectivity index (χ0n) is 15.6. The third-order valence-electron chi connectivity index (χ3n) is 5.87. The lowest BCUT2D eigenvalue weighted by Crippen LogP contribution is -2.46. The van der Waals surface area contributed by atoms with Gasteiger partial charge in [-0.25, -0.2) is 4.39 Å². The van der Waals surface area contributed by atoms with E-state index in [4.69, 9.17) is 4.74 Å². The zero-order valence-corrected chi connectivity index (χ0v) is 15.6. The van der Waals surface area contributed by atoms with E-state index >= 15 is 0 Å².